The Morgan fingerprint density at radius 1 is 0.800 bits per heavy atom. The highest BCUT2D eigenvalue weighted by Crippen LogP contribution is 2.45. The van der Waals surface area contributed by atoms with Crippen molar-refractivity contribution >= 4 is 8.80 Å². The maximum atomic E-state index is 6.32. The van der Waals surface area contributed by atoms with Gasteiger partial charge in [0.2, 0.25) is 0 Å². The van der Waals surface area contributed by atoms with Gasteiger partial charge < -0.3 is 13.3 Å². The zero-order valence-corrected chi connectivity index (χ0v) is 16.1. The third-order valence-corrected chi connectivity index (χ3v) is 7.41. The highest BCUT2D eigenvalue weighted by molar-refractivity contribution is 6.64. The average Bonchev–Trinajstić information content (AvgIpc) is 2.23. The van der Waals surface area contributed by atoms with Gasteiger partial charge >= 0.3 is 8.80 Å². The van der Waals surface area contributed by atoms with Gasteiger partial charge in [0, 0.05) is 23.4 Å². The fourth-order valence-electron chi connectivity index (χ4n) is 2.26. The fraction of sp³-hybridized carbons (Fsp3) is 1.00. The van der Waals surface area contributed by atoms with Crippen molar-refractivity contribution in [1.29, 1.82) is 0 Å². The molecule has 0 aliphatic heterocycles. The van der Waals surface area contributed by atoms with Crippen LogP contribution in [0.5, 0.6) is 0 Å². The molecule has 0 bridgehead atoms. The predicted octanol–water partition coefficient (Wildman–Crippen LogP) is 5.17. The summed E-state index contributed by atoms with van der Waals surface area (Å²) in [6, 6.07) is 0. The van der Waals surface area contributed by atoms with Gasteiger partial charge in [0.05, 0.1) is 0 Å². The largest absolute Gasteiger partial charge is 0.507 e. The lowest BCUT2D eigenvalue weighted by Crippen LogP contribution is -2.58. The van der Waals surface area contributed by atoms with Crippen molar-refractivity contribution in [2.24, 2.45) is 0 Å². The summed E-state index contributed by atoms with van der Waals surface area (Å²) in [7, 11) is -2.75. The first kappa shape index (κ1) is 20.1. The summed E-state index contributed by atoms with van der Waals surface area (Å²) in [6.07, 6.45) is 3.76. The number of hydrogen-bond acceptors (Lipinski definition) is 3. The zero-order valence-electron chi connectivity index (χ0n) is 15.1. The van der Waals surface area contributed by atoms with Crippen LogP contribution in [-0.2, 0) is 13.3 Å². The van der Waals surface area contributed by atoms with E-state index in [1.54, 1.807) is 0 Å². The molecule has 0 amide bonds. The first-order chi connectivity index (χ1) is 9.06. The van der Waals surface area contributed by atoms with E-state index in [0.717, 1.165) is 6.42 Å². The van der Waals surface area contributed by atoms with Gasteiger partial charge in [-0.25, -0.2) is 0 Å². The second-order valence-electron chi connectivity index (χ2n) is 7.04. The number of rotatable bonds is 10. The second kappa shape index (κ2) is 8.52. The Balaban J connectivity index is 5.43. The van der Waals surface area contributed by atoms with Crippen molar-refractivity contribution < 1.29 is 13.3 Å². The van der Waals surface area contributed by atoms with Gasteiger partial charge in [0.15, 0.2) is 0 Å². The molecule has 0 aromatic carbocycles. The SMILES string of the molecule is CCCCC(C)(C)[Si](OC(C)C)(OC(C)C)OC(C)C. The van der Waals surface area contributed by atoms with Crippen LogP contribution in [0.25, 0.3) is 0 Å². The molecule has 20 heavy (non-hydrogen) atoms. The lowest BCUT2D eigenvalue weighted by Gasteiger charge is -2.44. The molecule has 0 radical (unpaired) electrons. The zero-order chi connectivity index (χ0) is 16.0. The quantitative estimate of drug-likeness (QED) is 0.521. The maximum absolute atomic E-state index is 6.32. The molecule has 0 aromatic rings. The van der Waals surface area contributed by atoms with Crippen molar-refractivity contribution in [2.45, 2.75) is 105 Å². The Morgan fingerprint density at radius 2 is 1.15 bits per heavy atom. The Kier molecular flexibility index (Phi) is 8.56. The normalized spacial score (nSPS) is 13.8. The van der Waals surface area contributed by atoms with Gasteiger partial charge in [0.25, 0.3) is 0 Å². The molecule has 0 saturated carbocycles. The van der Waals surface area contributed by atoms with Crippen molar-refractivity contribution in [3.63, 3.8) is 0 Å². The molecular formula is C16H36O3Si. The Bertz CT molecular complexity index is 236. The molecule has 0 spiro atoms. The summed E-state index contributed by atoms with van der Waals surface area (Å²) in [5.74, 6) is 0. The van der Waals surface area contributed by atoms with E-state index >= 15 is 0 Å². The highest BCUT2D eigenvalue weighted by Gasteiger charge is 2.57. The molecule has 0 fully saturated rings. The van der Waals surface area contributed by atoms with Crippen LogP contribution in [0.15, 0.2) is 0 Å². The second-order valence-corrected chi connectivity index (χ2v) is 10.2. The van der Waals surface area contributed by atoms with Gasteiger partial charge in [-0.1, -0.05) is 33.6 Å². The number of unbranched alkanes of at least 4 members (excludes halogenated alkanes) is 1. The van der Waals surface area contributed by atoms with Crippen LogP contribution in [0.3, 0.4) is 0 Å². The predicted molar refractivity (Wildman–Crippen MR) is 88.0 cm³/mol. The summed E-state index contributed by atoms with van der Waals surface area (Å²) in [4.78, 5) is 0. The molecule has 0 saturated heterocycles. The summed E-state index contributed by atoms with van der Waals surface area (Å²) in [5.41, 5.74) is 0. The third kappa shape index (κ3) is 6.25. The van der Waals surface area contributed by atoms with Crippen LogP contribution >= 0.6 is 0 Å². The van der Waals surface area contributed by atoms with E-state index < -0.39 is 8.80 Å². The van der Waals surface area contributed by atoms with Crippen molar-refractivity contribution in [3.8, 4) is 0 Å². The van der Waals surface area contributed by atoms with Crippen LogP contribution in [0.2, 0.25) is 5.04 Å². The van der Waals surface area contributed by atoms with Crippen molar-refractivity contribution in [1.82, 2.24) is 0 Å². The Morgan fingerprint density at radius 3 is 1.40 bits per heavy atom. The lowest BCUT2D eigenvalue weighted by atomic mass is 10.1. The van der Waals surface area contributed by atoms with Crippen molar-refractivity contribution in [2.75, 3.05) is 0 Å². The first-order valence-electron chi connectivity index (χ1n) is 8.09. The molecule has 0 N–H and O–H groups in total. The van der Waals surface area contributed by atoms with Crippen LogP contribution in [0.4, 0.5) is 0 Å². The topological polar surface area (TPSA) is 27.7 Å². The third-order valence-electron chi connectivity index (χ3n) is 3.16. The molecule has 4 heteroatoms. The summed E-state index contributed by atoms with van der Waals surface area (Å²) >= 11 is 0. The van der Waals surface area contributed by atoms with E-state index in [-0.39, 0.29) is 23.4 Å². The molecule has 0 rings (SSSR count). The maximum Gasteiger partial charge on any atom is 0.507 e. The fourth-order valence-corrected chi connectivity index (χ4v) is 5.73. The molecule has 0 heterocycles. The van der Waals surface area contributed by atoms with Crippen molar-refractivity contribution in [3.05, 3.63) is 0 Å². The van der Waals surface area contributed by atoms with Gasteiger partial charge in [-0.3, -0.25) is 0 Å². The van der Waals surface area contributed by atoms with Gasteiger partial charge in [-0.15, -0.1) is 0 Å². The van der Waals surface area contributed by atoms with Crippen LogP contribution < -0.4 is 0 Å². The molecule has 0 aromatic heterocycles. The Labute approximate surface area is 127 Å². The van der Waals surface area contributed by atoms with Gasteiger partial charge in [0.1, 0.15) is 0 Å². The van der Waals surface area contributed by atoms with E-state index in [9.17, 15) is 0 Å². The Hall–Kier alpha value is 0.0969. The van der Waals surface area contributed by atoms with E-state index in [2.05, 4.69) is 62.3 Å². The molecule has 3 nitrogen and oxygen atoms in total. The van der Waals surface area contributed by atoms with E-state index in [1.807, 2.05) is 0 Å². The lowest BCUT2D eigenvalue weighted by molar-refractivity contribution is -0.0162. The molecule has 0 aliphatic carbocycles. The standard InChI is InChI=1S/C16H36O3Si/c1-10-11-12-16(8,9)20(17-13(2)3,18-14(4)5)19-15(6)7/h13-15H,10-12H2,1-9H3. The molecular weight excluding hydrogens is 268 g/mol. The summed E-state index contributed by atoms with van der Waals surface area (Å²) in [5, 5.41) is -0.0676. The minimum Gasteiger partial charge on any atom is -0.371 e. The van der Waals surface area contributed by atoms with Crippen LogP contribution in [0, 0.1) is 0 Å². The molecule has 0 aliphatic rings. The van der Waals surface area contributed by atoms with Crippen LogP contribution in [0.1, 0.15) is 81.6 Å². The van der Waals surface area contributed by atoms with Gasteiger partial charge in [-0.05, 0) is 48.0 Å². The molecule has 122 valence electrons. The average molecular weight is 305 g/mol. The van der Waals surface area contributed by atoms with Crippen LogP contribution in [-0.4, -0.2) is 27.1 Å². The smallest absolute Gasteiger partial charge is 0.371 e. The van der Waals surface area contributed by atoms with E-state index in [0.29, 0.717) is 0 Å². The first-order valence-corrected chi connectivity index (χ1v) is 9.82. The molecule has 0 unspecified atom stereocenters. The number of hydrogen-bond donors (Lipinski definition) is 0. The summed E-state index contributed by atoms with van der Waals surface area (Å²) < 4.78 is 18.9. The minimum atomic E-state index is -2.75. The monoisotopic (exact) mass is 304 g/mol. The molecule has 0 atom stereocenters. The summed E-state index contributed by atoms with van der Waals surface area (Å²) in [6.45, 7) is 19.1. The van der Waals surface area contributed by atoms with E-state index in [4.69, 9.17) is 13.3 Å². The van der Waals surface area contributed by atoms with E-state index in [1.165, 1.54) is 12.8 Å². The highest BCUT2D eigenvalue weighted by atomic mass is 28.4. The van der Waals surface area contributed by atoms with Gasteiger partial charge in [-0.2, -0.15) is 0 Å². The minimum absolute atomic E-state index is 0.0676.